The third-order valence-electron chi connectivity index (χ3n) is 8.44. The number of nitrogens with one attached hydrogen (secondary N) is 1. The predicted molar refractivity (Wildman–Crippen MR) is 150 cm³/mol. The van der Waals surface area contributed by atoms with E-state index < -0.39 is 0 Å². The van der Waals surface area contributed by atoms with Crippen LogP contribution in [0, 0.1) is 18.3 Å². The van der Waals surface area contributed by atoms with Gasteiger partial charge < -0.3 is 29.2 Å². The van der Waals surface area contributed by atoms with Gasteiger partial charge in [0.1, 0.15) is 23.1 Å². The van der Waals surface area contributed by atoms with Gasteiger partial charge in [0, 0.05) is 71.8 Å². The molecule has 9 heteroatoms. The van der Waals surface area contributed by atoms with Crippen molar-refractivity contribution >= 4 is 34.0 Å². The van der Waals surface area contributed by atoms with Crippen molar-refractivity contribution in [1.29, 1.82) is 0 Å². The normalized spacial score (nSPS) is 22.5. The maximum absolute atomic E-state index is 6.87. The number of rotatable bonds is 6. The standard InChI is InChI=1S/C29H35ClN4O4/c1-17-13-38-14-22(17)32-25-10-20-19(12-31-25)9-21(26-18(2)23(35-3)11-24(36-4)27(26)30)33-28(20)34-15-29(16-34)5-7-37-8-6-29/h9-12,17,22H,5-8,13-16H2,1-4H3,(H,31,32)/t17-,22+/m0/s1. The second-order valence-electron chi connectivity index (χ2n) is 11.0. The molecule has 1 aromatic carbocycles. The number of hydrogen-bond acceptors (Lipinski definition) is 8. The van der Waals surface area contributed by atoms with E-state index in [4.69, 9.17) is 40.5 Å². The van der Waals surface area contributed by atoms with E-state index in [9.17, 15) is 0 Å². The highest BCUT2D eigenvalue weighted by atomic mass is 35.5. The van der Waals surface area contributed by atoms with Gasteiger partial charge in [-0.1, -0.05) is 18.5 Å². The van der Waals surface area contributed by atoms with Crippen LogP contribution in [-0.2, 0) is 9.47 Å². The van der Waals surface area contributed by atoms with Gasteiger partial charge in [-0.25, -0.2) is 9.97 Å². The van der Waals surface area contributed by atoms with Crippen LogP contribution in [0.4, 0.5) is 11.6 Å². The molecule has 38 heavy (non-hydrogen) atoms. The fourth-order valence-corrected chi connectivity index (χ4v) is 6.38. The molecule has 202 valence electrons. The predicted octanol–water partition coefficient (Wildman–Crippen LogP) is 5.34. The highest BCUT2D eigenvalue weighted by molar-refractivity contribution is 6.35. The summed E-state index contributed by atoms with van der Waals surface area (Å²) in [6.45, 7) is 9.26. The lowest BCUT2D eigenvalue weighted by molar-refractivity contribution is -0.000348. The molecule has 0 aliphatic carbocycles. The molecule has 1 spiro atoms. The highest BCUT2D eigenvalue weighted by Crippen LogP contribution is 2.46. The topological polar surface area (TPSA) is 78.0 Å². The molecule has 3 aliphatic heterocycles. The molecule has 6 rings (SSSR count). The Labute approximate surface area is 228 Å². The lowest BCUT2D eigenvalue weighted by Gasteiger charge is -2.53. The van der Waals surface area contributed by atoms with E-state index in [1.54, 1.807) is 14.2 Å². The van der Waals surface area contributed by atoms with Crippen LogP contribution in [0.15, 0.2) is 24.4 Å². The Bertz CT molecular complexity index is 1320. The van der Waals surface area contributed by atoms with Crippen LogP contribution in [0.3, 0.4) is 0 Å². The van der Waals surface area contributed by atoms with Gasteiger partial charge in [-0.3, -0.25) is 0 Å². The number of anilines is 2. The third-order valence-corrected chi connectivity index (χ3v) is 8.81. The van der Waals surface area contributed by atoms with Gasteiger partial charge >= 0.3 is 0 Å². The third kappa shape index (κ3) is 4.42. The van der Waals surface area contributed by atoms with Gasteiger partial charge in [0.05, 0.1) is 44.2 Å². The van der Waals surface area contributed by atoms with Crippen LogP contribution in [0.2, 0.25) is 5.02 Å². The molecule has 1 N–H and O–H groups in total. The van der Waals surface area contributed by atoms with Crippen LogP contribution in [0.5, 0.6) is 11.5 Å². The summed E-state index contributed by atoms with van der Waals surface area (Å²) < 4.78 is 22.5. The number of nitrogens with zero attached hydrogens (tertiary/aromatic N) is 3. The van der Waals surface area contributed by atoms with Crippen LogP contribution in [-0.4, -0.2) is 69.7 Å². The number of ether oxygens (including phenoxy) is 4. The number of fused-ring (bicyclic) bond motifs is 1. The minimum atomic E-state index is 0.246. The number of aromatic nitrogens is 2. The van der Waals surface area contributed by atoms with Gasteiger partial charge in [-0.2, -0.15) is 0 Å². The Balaban J connectivity index is 1.46. The fraction of sp³-hybridized carbons (Fsp3) is 0.517. The molecule has 3 saturated heterocycles. The first-order valence-electron chi connectivity index (χ1n) is 13.3. The molecule has 0 amide bonds. The van der Waals surface area contributed by atoms with E-state index in [0.717, 1.165) is 85.0 Å². The zero-order valence-electron chi connectivity index (χ0n) is 22.5. The molecule has 0 unspecified atom stereocenters. The molecule has 3 aromatic rings. The van der Waals surface area contributed by atoms with E-state index in [0.29, 0.717) is 34.5 Å². The zero-order chi connectivity index (χ0) is 26.4. The Morgan fingerprint density at radius 3 is 2.50 bits per heavy atom. The van der Waals surface area contributed by atoms with Gasteiger partial charge in [0.25, 0.3) is 0 Å². The van der Waals surface area contributed by atoms with E-state index in [1.807, 2.05) is 19.2 Å². The Kier molecular flexibility index (Phi) is 6.74. The Morgan fingerprint density at radius 2 is 1.82 bits per heavy atom. The van der Waals surface area contributed by atoms with Crippen molar-refractivity contribution in [3.63, 3.8) is 0 Å². The van der Waals surface area contributed by atoms with Crippen LogP contribution in [0.1, 0.15) is 25.3 Å². The van der Waals surface area contributed by atoms with Gasteiger partial charge in [0.2, 0.25) is 0 Å². The average Bonchev–Trinajstić information content (AvgIpc) is 3.31. The number of halogens is 1. The van der Waals surface area contributed by atoms with Crippen LogP contribution < -0.4 is 19.7 Å². The summed E-state index contributed by atoms with van der Waals surface area (Å²) in [6.07, 6.45) is 4.11. The molecule has 2 aromatic heterocycles. The molecule has 0 radical (unpaired) electrons. The van der Waals surface area contributed by atoms with E-state index in [-0.39, 0.29) is 6.04 Å². The molecule has 0 bridgehead atoms. The maximum atomic E-state index is 6.87. The molecular formula is C29H35ClN4O4. The summed E-state index contributed by atoms with van der Waals surface area (Å²) in [7, 11) is 3.27. The largest absolute Gasteiger partial charge is 0.496 e. The second-order valence-corrected chi connectivity index (χ2v) is 11.3. The maximum Gasteiger partial charge on any atom is 0.141 e. The van der Waals surface area contributed by atoms with E-state index in [1.165, 1.54) is 0 Å². The summed E-state index contributed by atoms with van der Waals surface area (Å²) in [5.41, 5.74) is 2.81. The summed E-state index contributed by atoms with van der Waals surface area (Å²) in [5, 5.41) is 6.19. The molecule has 3 aliphatic rings. The van der Waals surface area contributed by atoms with Crippen molar-refractivity contribution in [3.8, 4) is 22.8 Å². The first-order valence-corrected chi connectivity index (χ1v) is 13.7. The SMILES string of the molecule is COc1cc(OC)c(Cl)c(-c2cc3cnc(N[C@@H]4COC[C@@H]4C)cc3c(N3CC4(CCOCC4)C3)n2)c1C. The van der Waals surface area contributed by atoms with E-state index in [2.05, 4.69) is 29.3 Å². The average molecular weight is 539 g/mol. The molecule has 0 saturated carbocycles. The second kappa shape index (κ2) is 10.1. The first kappa shape index (κ1) is 25.5. The number of benzene rings is 1. The van der Waals surface area contributed by atoms with Crippen molar-refractivity contribution in [2.75, 3.05) is 64.0 Å². The molecule has 5 heterocycles. The molecule has 2 atom stereocenters. The van der Waals surface area contributed by atoms with Crippen molar-refractivity contribution in [2.45, 2.75) is 32.7 Å². The fourth-order valence-electron chi connectivity index (χ4n) is 6.01. The van der Waals surface area contributed by atoms with Crippen molar-refractivity contribution in [1.82, 2.24) is 9.97 Å². The number of pyridine rings is 2. The summed E-state index contributed by atoms with van der Waals surface area (Å²) >= 11 is 6.87. The summed E-state index contributed by atoms with van der Waals surface area (Å²) in [5.74, 6) is 3.50. The smallest absolute Gasteiger partial charge is 0.141 e. The van der Waals surface area contributed by atoms with E-state index >= 15 is 0 Å². The van der Waals surface area contributed by atoms with Crippen LogP contribution >= 0.6 is 11.6 Å². The first-order chi connectivity index (χ1) is 18.4. The van der Waals surface area contributed by atoms with Gasteiger partial charge in [-0.15, -0.1) is 0 Å². The highest BCUT2D eigenvalue weighted by Gasteiger charge is 2.45. The Morgan fingerprint density at radius 1 is 1.05 bits per heavy atom. The monoisotopic (exact) mass is 538 g/mol. The van der Waals surface area contributed by atoms with Crippen LogP contribution in [0.25, 0.3) is 22.0 Å². The number of hydrogen-bond donors (Lipinski definition) is 1. The Hall–Kier alpha value is -2.81. The molecular weight excluding hydrogens is 504 g/mol. The zero-order valence-corrected chi connectivity index (χ0v) is 23.2. The van der Waals surface area contributed by atoms with Gasteiger partial charge in [0.15, 0.2) is 0 Å². The van der Waals surface area contributed by atoms with Gasteiger partial charge in [-0.05, 0) is 31.9 Å². The van der Waals surface area contributed by atoms with Crippen molar-refractivity contribution in [3.05, 3.63) is 35.0 Å². The summed E-state index contributed by atoms with van der Waals surface area (Å²) in [6, 6.07) is 6.26. The summed E-state index contributed by atoms with van der Waals surface area (Å²) in [4.78, 5) is 12.4. The minimum Gasteiger partial charge on any atom is -0.496 e. The lowest BCUT2D eigenvalue weighted by atomic mass is 9.73. The van der Waals surface area contributed by atoms with Crippen molar-refractivity contribution in [2.24, 2.45) is 11.3 Å². The minimum absolute atomic E-state index is 0.246. The quantitative estimate of drug-likeness (QED) is 0.450. The molecule has 3 fully saturated rings. The molecule has 8 nitrogen and oxygen atoms in total. The number of methoxy groups -OCH3 is 2. The van der Waals surface area contributed by atoms with Crippen molar-refractivity contribution < 1.29 is 18.9 Å². The lowest BCUT2D eigenvalue weighted by Crippen LogP contribution is -2.58.